The molecule has 0 saturated carbocycles. The van der Waals surface area contributed by atoms with Gasteiger partial charge in [0.1, 0.15) is 0 Å². The first-order valence-corrected chi connectivity index (χ1v) is 9.24. The lowest BCUT2D eigenvalue weighted by Crippen LogP contribution is -2.26. The molecule has 0 radical (unpaired) electrons. The number of hydrogen-bond acceptors (Lipinski definition) is 3. The largest absolute Gasteiger partial charge is 0.282 e. The first kappa shape index (κ1) is 11.8. The van der Waals surface area contributed by atoms with Crippen LogP contribution >= 0.6 is 0 Å². The van der Waals surface area contributed by atoms with Gasteiger partial charge < -0.3 is 0 Å². The Kier molecular flexibility index (Phi) is 3.65. The second-order valence-electron chi connectivity index (χ2n) is 4.12. The lowest BCUT2D eigenvalue weighted by Gasteiger charge is -2.14. The Morgan fingerprint density at radius 1 is 1.25 bits per heavy atom. The first-order chi connectivity index (χ1) is 5.15. The molecular formula is C7H16O3SSi. The lowest BCUT2D eigenvalue weighted by atomic mass is 10.9. The average Bonchev–Trinajstić information content (AvgIpc) is 1.82. The third-order valence-electron chi connectivity index (χ3n) is 1.56. The zero-order valence-corrected chi connectivity index (χ0v) is 9.86. The van der Waals surface area contributed by atoms with Crippen LogP contribution in [0.5, 0.6) is 0 Å². The third kappa shape index (κ3) is 4.66. The lowest BCUT2D eigenvalue weighted by molar-refractivity contribution is -0.109. The van der Waals surface area contributed by atoms with Crippen LogP contribution in [-0.4, -0.2) is 27.4 Å². The molecule has 5 heteroatoms. The van der Waals surface area contributed by atoms with Crippen LogP contribution in [0.1, 0.15) is 6.92 Å². The topological polar surface area (TPSA) is 51.2 Å². The Balaban J connectivity index is 4.22. The van der Waals surface area contributed by atoms with Crippen LogP contribution in [0, 0.1) is 0 Å². The van der Waals surface area contributed by atoms with Crippen molar-refractivity contribution in [3.8, 4) is 0 Å². The summed E-state index contributed by atoms with van der Waals surface area (Å²) in [5.74, 6) is 0.0258. The first-order valence-electron chi connectivity index (χ1n) is 3.88. The van der Waals surface area contributed by atoms with Crippen LogP contribution in [0.3, 0.4) is 0 Å². The predicted molar refractivity (Wildman–Crippen MR) is 52.6 cm³/mol. The number of carbonyl (C=O) groups excluding carboxylic acids is 1. The molecule has 72 valence electrons. The molecule has 0 heterocycles. The summed E-state index contributed by atoms with van der Waals surface area (Å²) in [6.07, 6.45) is 0. The van der Waals surface area contributed by atoms with Crippen molar-refractivity contribution < 1.29 is 13.2 Å². The van der Waals surface area contributed by atoms with Crippen molar-refractivity contribution in [2.24, 2.45) is 0 Å². The van der Waals surface area contributed by atoms with Gasteiger partial charge >= 0.3 is 0 Å². The standard InChI is InChI=1S/C7H16O3SSi/c1-7(8)11(9,10)5-6-12(2,3)4/h5-6H2,1-4H3. The van der Waals surface area contributed by atoms with Crippen molar-refractivity contribution >= 4 is 23.0 Å². The van der Waals surface area contributed by atoms with Gasteiger partial charge in [0.25, 0.3) is 0 Å². The summed E-state index contributed by atoms with van der Waals surface area (Å²) in [7, 11) is -4.78. The molecule has 0 fully saturated rings. The molecule has 0 aliphatic carbocycles. The average molecular weight is 208 g/mol. The quantitative estimate of drug-likeness (QED) is 0.657. The van der Waals surface area contributed by atoms with E-state index < -0.39 is 23.0 Å². The molecule has 0 rings (SSSR count). The van der Waals surface area contributed by atoms with Gasteiger partial charge in [-0.25, -0.2) is 8.42 Å². The van der Waals surface area contributed by atoms with E-state index in [0.29, 0.717) is 6.04 Å². The van der Waals surface area contributed by atoms with E-state index in [9.17, 15) is 13.2 Å². The molecule has 12 heavy (non-hydrogen) atoms. The van der Waals surface area contributed by atoms with E-state index in [2.05, 4.69) is 19.6 Å². The van der Waals surface area contributed by atoms with Crippen molar-refractivity contribution in [1.82, 2.24) is 0 Å². The van der Waals surface area contributed by atoms with Gasteiger partial charge in [-0.3, -0.25) is 4.79 Å². The third-order valence-corrected chi connectivity index (χ3v) is 5.29. The van der Waals surface area contributed by atoms with Gasteiger partial charge in [-0.05, 0) is 6.04 Å². The van der Waals surface area contributed by atoms with E-state index in [1.165, 1.54) is 0 Å². The van der Waals surface area contributed by atoms with Crippen molar-refractivity contribution in [3.63, 3.8) is 0 Å². The highest BCUT2D eigenvalue weighted by atomic mass is 32.2. The normalized spacial score (nSPS) is 13.0. The number of hydrogen-bond donors (Lipinski definition) is 0. The van der Waals surface area contributed by atoms with E-state index in [-0.39, 0.29) is 5.75 Å². The van der Waals surface area contributed by atoms with Crippen LogP contribution in [0.15, 0.2) is 0 Å². The maximum Gasteiger partial charge on any atom is 0.243 e. The Morgan fingerprint density at radius 2 is 1.67 bits per heavy atom. The Hall–Kier alpha value is -0.163. The zero-order valence-electron chi connectivity index (χ0n) is 8.05. The van der Waals surface area contributed by atoms with Crippen LogP contribution in [0.2, 0.25) is 25.7 Å². The second kappa shape index (κ2) is 3.70. The van der Waals surface area contributed by atoms with Crippen LogP contribution in [0.25, 0.3) is 0 Å². The molecule has 0 bridgehead atoms. The van der Waals surface area contributed by atoms with Gasteiger partial charge in [-0.2, -0.15) is 0 Å². The minimum atomic E-state index is -3.44. The van der Waals surface area contributed by atoms with E-state index >= 15 is 0 Å². The maximum atomic E-state index is 11.0. The highest BCUT2D eigenvalue weighted by Gasteiger charge is 2.21. The molecule has 0 unspecified atom stereocenters. The molecule has 0 N–H and O–H groups in total. The Labute approximate surface area is 75.1 Å². The Morgan fingerprint density at radius 3 is 1.92 bits per heavy atom. The molecule has 0 aromatic carbocycles. The zero-order chi connectivity index (χ0) is 9.99. The van der Waals surface area contributed by atoms with Crippen molar-refractivity contribution in [2.45, 2.75) is 32.6 Å². The molecule has 0 aromatic heterocycles. The summed E-state index contributed by atoms with van der Waals surface area (Å²) in [6, 6.07) is 0.662. The van der Waals surface area contributed by atoms with Gasteiger partial charge in [0, 0.05) is 15.0 Å². The molecule has 0 amide bonds. The maximum absolute atomic E-state index is 11.0. The highest BCUT2D eigenvalue weighted by Crippen LogP contribution is 2.10. The molecule has 0 saturated heterocycles. The van der Waals surface area contributed by atoms with Crippen LogP contribution < -0.4 is 0 Å². The summed E-state index contributed by atoms with van der Waals surface area (Å²) >= 11 is 0. The SMILES string of the molecule is CC(=O)S(=O)(=O)CC[Si](C)(C)C. The van der Waals surface area contributed by atoms with Crippen LogP contribution in [-0.2, 0) is 14.6 Å². The Bertz CT molecular complexity index is 261. The van der Waals surface area contributed by atoms with Gasteiger partial charge in [-0.15, -0.1) is 0 Å². The number of sulfone groups is 1. The summed E-state index contributed by atoms with van der Waals surface area (Å²) < 4.78 is 22.1. The fourth-order valence-electron chi connectivity index (χ4n) is 0.584. The second-order valence-corrected chi connectivity index (χ2v) is 12.0. The van der Waals surface area contributed by atoms with Gasteiger partial charge in [0.05, 0.1) is 5.75 Å². The molecule has 0 aliphatic rings. The van der Waals surface area contributed by atoms with Gasteiger partial charge in [0.2, 0.25) is 15.0 Å². The highest BCUT2D eigenvalue weighted by molar-refractivity contribution is 8.06. The van der Waals surface area contributed by atoms with Crippen molar-refractivity contribution in [3.05, 3.63) is 0 Å². The van der Waals surface area contributed by atoms with Gasteiger partial charge in [0.15, 0.2) is 0 Å². The summed E-state index contributed by atoms with van der Waals surface area (Å²) in [5, 5.41) is -0.708. The number of rotatable bonds is 3. The number of carbonyl (C=O) groups is 1. The van der Waals surface area contributed by atoms with E-state index in [0.717, 1.165) is 6.92 Å². The van der Waals surface area contributed by atoms with E-state index in [1.54, 1.807) is 0 Å². The van der Waals surface area contributed by atoms with Crippen molar-refractivity contribution in [1.29, 1.82) is 0 Å². The molecule has 0 aromatic rings. The molecule has 3 nitrogen and oxygen atoms in total. The van der Waals surface area contributed by atoms with Gasteiger partial charge in [-0.1, -0.05) is 19.6 Å². The smallest absolute Gasteiger partial charge is 0.243 e. The van der Waals surface area contributed by atoms with Crippen LogP contribution in [0.4, 0.5) is 0 Å². The fourth-order valence-corrected chi connectivity index (χ4v) is 4.40. The minimum Gasteiger partial charge on any atom is -0.282 e. The monoisotopic (exact) mass is 208 g/mol. The minimum absolute atomic E-state index is 0.0258. The summed E-state index contributed by atoms with van der Waals surface area (Å²) in [6.45, 7) is 7.37. The van der Waals surface area contributed by atoms with E-state index in [1.807, 2.05) is 0 Å². The fraction of sp³-hybridized carbons (Fsp3) is 0.857. The summed E-state index contributed by atoms with van der Waals surface area (Å²) in [4.78, 5) is 10.6. The molecule has 0 spiro atoms. The molecule has 0 aliphatic heterocycles. The predicted octanol–water partition coefficient (Wildman–Crippen LogP) is 1.29. The summed E-state index contributed by atoms with van der Waals surface area (Å²) in [5.41, 5.74) is 0. The van der Waals surface area contributed by atoms with E-state index in [4.69, 9.17) is 0 Å². The molecular weight excluding hydrogens is 192 g/mol. The molecule has 0 atom stereocenters. The van der Waals surface area contributed by atoms with Crippen molar-refractivity contribution in [2.75, 3.05) is 5.75 Å².